The lowest BCUT2D eigenvalue weighted by atomic mass is 10.1. The SMILES string of the molecule is c1ccc2c(c1)ncn2-c1ccnc(NC2CCNCC2)n1. The predicted molar refractivity (Wildman–Crippen MR) is 86.2 cm³/mol. The van der Waals surface area contributed by atoms with Gasteiger partial charge in [-0.2, -0.15) is 4.98 Å². The fourth-order valence-electron chi connectivity index (χ4n) is 2.84. The molecule has 0 bridgehead atoms. The minimum atomic E-state index is 0.441. The minimum absolute atomic E-state index is 0.441. The summed E-state index contributed by atoms with van der Waals surface area (Å²) in [6, 6.07) is 10.4. The number of piperidine rings is 1. The van der Waals surface area contributed by atoms with Gasteiger partial charge < -0.3 is 10.6 Å². The van der Waals surface area contributed by atoms with E-state index in [2.05, 4.69) is 25.6 Å². The Hall–Kier alpha value is -2.47. The van der Waals surface area contributed by atoms with E-state index in [1.54, 1.807) is 12.5 Å². The van der Waals surface area contributed by atoms with Crippen LogP contribution >= 0.6 is 0 Å². The van der Waals surface area contributed by atoms with Crippen LogP contribution in [-0.4, -0.2) is 38.7 Å². The van der Waals surface area contributed by atoms with Crippen molar-refractivity contribution in [3.05, 3.63) is 42.9 Å². The van der Waals surface area contributed by atoms with E-state index in [0.717, 1.165) is 42.8 Å². The van der Waals surface area contributed by atoms with Crippen LogP contribution in [0.25, 0.3) is 16.9 Å². The largest absolute Gasteiger partial charge is 0.351 e. The highest BCUT2D eigenvalue weighted by Gasteiger charge is 2.14. The van der Waals surface area contributed by atoms with Crippen molar-refractivity contribution in [3.63, 3.8) is 0 Å². The quantitative estimate of drug-likeness (QED) is 0.773. The second kappa shape index (κ2) is 5.73. The number of benzene rings is 1. The summed E-state index contributed by atoms with van der Waals surface area (Å²) in [4.78, 5) is 13.4. The van der Waals surface area contributed by atoms with Gasteiger partial charge in [0.25, 0.3) is 0 Å². The molecule has 112 valence electrons. The zero-order valence-electron chi connectivity index (χ0n) is 12.2. The molecule has 3 heterocycles. The zero-order chi connectivity index (χ0) is 14.8. The highest BCUT2D eigenvalue weighted by molar-refractivity contribution is 5.76. The Balaban J connectivity index is 1.63. The molecule has 2 aromatic heterocycles. The van der Waals surface area contributed by atoms with Crippen LogP contribution in [0, 0.1) is 0 Å². The topological polar surface area (TPSA) is 67.7 Å². The Morgan fingerprint density at radius 3 is 2.86 bits per heavy atom. The molecule has 22 heavy (non-hydrogen) atoms. The number of nitrogens with zero attached hydrogens (tertiary/aromatic N) is 4. The lowest BCUT2D eigenvalue weighted by molar-refractivity contribution is 0.477. The number of nitrogens with one attached hydrogen (secondary N) is 2. The van der Waals surface area contributed by atoms with Crippen molar-refractivity contribution in [1.29, 1.82) is 0 Å². The standard InChI is InChI=1S/C16H18N6/c1-2-4-14-13(3-1)19-11-22(14)15-7-10-18-16(21-15)20-12-5-8-17-9-6-12/h1-4,7,10-12,17H,5-6,8-9H2,(H,18,20,21). The van der Waals surface area contributed by atoms with Crippen LogP contribution in [0.3, 0.4) is 0 Å². The van der Waals surface area contributed by atoms with E-state index in [9.17, 15) is 0 Å². The first-order valence-electron chi connectivity index (χ1n) is 7.63. The Bertz CT molecular complexity index is 775. The van der Waals surface area contributed by atoms with E-state index >= 15 is 0 Å². The summed E-state index contributed by atoms with van der Waals surface area (Å²) in [6.07, 6.45) is 5.80. The summed E-state index contributed by atoms with van der Waals surface area (Å²) in [5, 5.41) is 6.80. The molecular formula is C16H18N6. The highest BCUT2D eigenvalue weighted by Crippen LogP contribution is 2.17. The number of rotatable bonds is 3. The van der Waals surface area contributed by atoms with Gasteiger partial charge in [-0.25, -0.2) is 9.97 Å². The van der Waals surface area contributed by atoms with Crippen molar-refractivity contribution in [2.75, 3.05) is 18.4 Å². The van der Waals surface area contributed by atoms with Crippen LogP contribution in [0.5, 0.6) is 0 Å². The summed E-state index contributed by atoms with van der Waals surface area (Å²) in [5.74, 6) is 1.52. The van der Waals surface area contributed by atoms with Crippen molar-refractivity contribution in [3.8, 4) is 5.82 Å². The second-order valence-corrected chi connectivity index (χ2v) is 5.51. The van der Waals surface area contributed by atoms with E-state index in [0.29, 0.717) is 12.0 Å². The van der Waals surface area contributed by atoms with Crippen molar-refractivity contribution in [2.24, 2.45) is 0 Å². The van der Waals surface area contributed by atoms with Gasteiger partial charge in [-0.05, 0) is 44.1 Å². The maximum atomic E-state index is 4.64. The van der Waals surface area contributed by atoms with Gasteiger partial charge in [0.05, 0.1) is 11.0 Å². The van der Waals surface area contributed by atoms with E-state index in [1.165, 1.54) is 0 Å². The van der Waals surface area contributed by atoms with Crippen molar-refractivity contribution >= 4 is 17.0 Å². The Labute approximate surface area is 128 Å². The predicted octanol–water partition coefficient (Wildman–Crippen LogP) is 1.98. The van der Waals surface area contributed by atoms with E-state index in [1.807, 2.05) is 34.9 Å². The number of hydrogen-bond donors (Lipinski definition) is 2. The molecule has 0 spiro atoms. The van der Waals surface area contributed by atoms with Gasteiger partial charge in [-0.15, -0.1) is 0 Å². The monoisotopic (exact) mass is 294 g/mol. The Kier molecular flexibility index (Phi) is 3.44. The lowest BCUT2D eigenvalue weighted by Gasteiger charge is -2.23. The van der Waals surface area contributed by atoms with Crippen molar-refractivity contribution in [2.45, 2.75) is 18.9 Å². The van der Waals surface area contributed by atoms with Gasteiger partial charge in [0, 0.05) is 12.2 Å². The summed E-state index contributed by atoms with van der Waals surface area (Å²) >= 11 is 0. The first-order valence-corrected chi connectivity index (χ1v) is 7.63. The number of hydrogen-bond acceptors (Lipinski definition) is 5. The minimum Gasteiger partial charge on any atom is -0.351 e. The van der Waals surface area contributed by atoms with Crippen molar-refractivity contribution < 1.29 is 0 Å². The molecular weight excluding hydrogens is 276 g/mol. The maximum absolute atomic E-state index is 4.64. The molecule has 6 nitrogen and oxygen atoms in total. The third kappa shape index (κ3) is 2.53. The molecule has 2 N–H and O–H groups in total. The number of para-hydroxylation sites is 2. The fraction of sp³-hybridized carbons (Fsp3) is 0.312. The van der Waals surface area contributed by atoms with Crippen LogP contribution < -0.4 is 10.6 Å². The first-order chi connectivity index (χ1) is 10.9. The average molecular weight is 294 g/mol. The first kappa shape index (κ1) is 13.2. The van der Waals surface area contributed by atoms with E-state index < -0.39 is 0 Å². The van der Waals surface area contributed by atoms with Gasteiger partial charge in [0.15, 0.2) is 0 Å². The highest BCUT2D eigenvalue weighted by atomic mass is 15.2. The molecule has 1 fully saturated rings. The Morgan fingerprint density at radius 2 is 1.95 bits per heavy atom. The molecule has 1 aliphatic rings. The molecule has 0 atom stereocenters. The summed E-state index contributed by atoms with van der Waals surface area (Å²) in [5.41, 5.74) is 2.02. The summed E-state index contributed by atoms with van der Waals surface area (Å²) in [7, 11) is 0. The van der Waals surface area contributed by atoms with Crippen LogP contribution in [0.15, 0.2) is 42.9 Å². The molecule has 1 aromatic carbocycles. The molecule has 0 saturated carbocycles. The normalized spacial score (nSPS) is 16.0. The molecule has 0 aliphatic carbocycles. The third-order valence-corrected chi connectivity index (χ3v) is 4.01. The second-order valence-electron chi connectivity index (χ2n) is 5.51. The van der Waals surface area contributed by atoms with Gasteiger partial charge in [0.2, 0.25) is 5.95 Å². The number of fused-ring (bicyclic) bond motifs is 1. The van der Waals surface area contributed by atoms with Gasteiger partial charge in [-0.1, -0.05) is 12.1 Å². The van der Waals surface area contributed by atoms with Gasteiger partial charge in [-0.3, -0.25) is 4.57 Å². The molecule has 6 heteroatoms. The zero-order valence-corrected chi connectivity index (χ0v) is 12.2. The lowest BCUT2D eigenvalue weighted by Crippen LogP contribution is -2.35. The number of anilines is 1. The van der Waals surface area contributed by atoms with E-state index in [4.69, 9.17) is 0 Å². The van der Waals surface area contributed by atoms with Crippen LogP contribution in [0.1, 0.15) is 12.8 Å². The molecule has 0 amide bonds. The van der Waals surface area contributed by atoms with Crippen LogP contribution in [0.2, 0.25) is 0 Å². The van der Waals surface area contributed by atoms with E-state index in [-0.39, 0.29) is 0 Å². The smallest absolute Gasteiger partial charge is 0.224 e. The summed E-state index contributed by atoms with van der Waals surface area (Å²) < 4.78 is 1.99. The molecule has 1 aliphatic heterocycles. The fourth-order valence-corrected chi connectivity index (χ4v) is 2.84. The van der Waals surface area contributed by atoms with Gasteiger partial charge in [0.1, 0.15) is 12.1 Å². The van der Waals surface area contributed by atoms with Gasteiger partial charge >= 0.3 is 0 Å². The number of aromatic nitrogens is 4. The maximum Gasteiger partial charge on any atom is 0.224 e. The van der Waals surface area contributed by atoms with Crippen molar-refractivity contribution in [1.82, 2.24) is 24.8 Å². The average Bonchev–Trinajstić information content (AvgIpc) is 3.00. The van der Waals surface area contributed by atoms with Crippen LogP contribution in [0.4, 0.5) is 5.95 Å². The van der Waals surface area contributed by atoms with Crippen LogP contribution in [-0.2, 0) is 0 Å². The number of imidazole rings is 1. The molecule has 4 rings (SSSR count). The molecule has 1 saturated heterocycles. The molecule has 0 radical (unpaired) electrons. The molecule has 0 unspecified atom stereocenters. The summed E-state index contributed by atoms with van der Waals surface area (Å²) in [6.45, 7) is 2.09. The third-order valence-electron chi connectivity index (χ3n) is 4.01. The Morgan fingerprint density at radius 1 is 1.09 bits per heavy atom. The molecule has 3 aromatic rings.